The number of hydrogen-bond acceptors (Lipinski definition) is 6. The van der Waals surface area contributed by atoms with Gasteiger partial charge in [0.15, 0.2) is 11.5 Å². The number of fused-ring (bicyclic) bond motifs is 4. The number of carboxylic acid groups (broad SMARTS) is 1. The predicted molar refractivity (Wildman–Crippen MR) is 129 cm³/mol. The van der Waals surface area contributed by atoms with E-state index < -0.39 is 11.9 Å². The number of nitrogens with zero attached hydrogens (tertiary/aromatic N) is 4. The van der Waals surface area contributed by atoms with Crippen LogP contribution >= 0.6 is 11.6 Å². The molecule has 3 aliphatic carbocycles. The first kappa shape index (κ1) is 21.0. The molecule has 2 bridgehead atoms. The van der Waals surface area contributed by atoms with E-state index in [0.29, 0.717) is 34.3 Å². The summed E-state index contributed by atoms with van der Waals surface area (Å²) in [6.07, 6.45) is 7.33. The van der Waals surface area contributed by atoms with Gasteiger partial charge in [-0.3, -0.25) is 4.79 Å². The Hall–Kier alpha value is -3.52. The minimum absolute atomic E-state index is 0.159. The van der Waals surface area contributed by atoms with Gasteiger partial charge in [0.1, 0.15) is 16.5 Å². The van der Waals surface area contributed by atoms with E-state index in [0.717, 1.165) is 36.9 Å². The molecule has 4 aromatic rings. The highest BCUT2D eigenvalue weighted by molar-refractivity contribution is 6.29. The molecule has 9 heteroatoms. The molecule has 3 heterocycles. The number of nitrogens with one attached hydrogen (secondary N) is 2. The molecule has 0 aliphatic heterocycles. The first-order chi connectivity index (χ1) is 16.6. The lowest BCUT2D eigenvalue weighted by molar-refractivity contribution is -0.148. The molecule has 0 amide bonds. The van der Waals surface area contributed by atoms with Gasteiger partial charge in [-0.25, -0.2) is 19.9 Å². The second kappa shape index (κ2) is 8.36. The number of aliphatic carboxylic acids is 1. The van der Waals surface area contributed by atoms with Gasteiger partial charge in [-0.2, -0.15) is 0 Å². The quantitative estimate of drug-likeness (QED) is 0.371. The fourth-order valence-electron chi connectivity index (χ4n) is 5.62. The van der Waals surface area contributed by atoms with Crippen LogP contribution in [0.4, 0.5) is 5.82 Å². The maximum absolute atomic E-state index is 12.2. The Balaban J connectivity index is 1.46. The summed E-state index contributed by atoms with van der Waals surface area (Å²) in [6, 6.07) is 11.6. The Labute approximate surface area is 200 Å². The van der Waals surface area contributed by atoms with E-state index in [2.05, 4.69) is 20.3 Å². The lowest BCUT2D eigenvalue weighted by Crippen LogP contribution is -2.51. The van der Waals surface area contributed by atoms with Gasteiger partial charge in [-0.1, -0.05) is 41.9 Å². The first-order valence-electron chi connectivity index (χ1n) is 11.5. The van der Waals surface area contributed by atoms with E-state index >= 15 is 0 Å². The molecule has 3 N–H and O–H groups in total. The zero-order valence-corrected chi connectivity index (χ0v) is 19.0. The summed E-state index contributed by atoms with van der Waals surface area (Å²) in [5.41, 5.74) is 3.55. The molecule has 34 heavy (non-hydrogen) atoms. The van der Waals surface area contributed by atoms with Gasteiger partial charge >= 0.3 is 5.97 Å². The van der Waals surface area contributed by atoms with E-state index in [1.54, 1.807) is 6.20 Å². The number of aromatic amines is 1. The smallest absolute Gasteiger partial charge is 0.308 e. The summed E-state index contributed by atoms with van der Waals surface area (Å²) in [5, 5.41) is 13.8. The molecule has 2 atom stereocenters. The van der Waals surface area contributed by atoms with Crippen molar-refractivity contribution in [2.24, 2.45) is 17.8 Å². The third-order valence-corrected chi connectivity index (χ3v) is 7.39. The van der Waals surface area contributed by atoms with Gasteiger partial charge in [-0.05, 0) is 37.5 Å². The highest BCUT2D eigenvalue weighted by atomic mass is 35.5. The lowest BCUT2D eigenvalue weighted by atomic mass is 9.61. The number of hydrogen-bond donors (Lipinski definition) is 3. The maximum Gasteiger partial charge on any atom is 0.308 e. The SMILES string of the molecule is O=C(O)[C@H]1C2CCC(CC2)C1Nc1cc(-c2ccccc2)nc(-c2c[nH]c3ncc(Cl)nc23)n1. The van der Waals surface area contributed by atoms with E-state index in [9.17, 15) is 9.90 Å². The summed E-state index contributed by atoms with van der Waals surface area (Å²) in [5.74, 6) is 0.467. The minimum Gasteiger partial charge on any atom is -0.481 e. The zero-order valence-electron chi connectivity index (χ0n) is 18.3. The van der Waals surface area contributed by atoms with Crippen LogP contribution in [-0.4, -0.2) is 42.0 Å². The molecular weight excluding hydrogens is 452 g/mol. The van der Waals surface area contributed by atoms with E-state index in [1.165, 1.54) is 6.20 Å². The number of halogens is 1. The average Bonchev–Trinajstić information content (AvgIpc) is 3.28. The second-order valence-electron chi connectivity index (χ2n) is 9.13. The third kappa shape index (κ3) is 3.68. The number of anilines is 1. The standard InChI is InChI=1S/C25H23ClN6O2/c26-18-12-28-24-22(30-18)16(11-27-24)23-29-17(13-4-2-1-3-5-13)10-19(32-23)31-21-15-8-6-14(7-9-15)20(21)25(33)34/h1-5,10-12,14-15,20-21H,6-9H2,(H,27,28)(H,33,34)(H,29,31,32)/t14?,15?,20-,21?/m0/s1. The van der Waals surface area contributed by atoms with Gasteiger partial charge in [0.25, 0.3) is 0 Å². The molecule has 7 rings (SSSR count). The van der Waals surface area contributed by atoms with Crippen molar-refractivity contribution in [1.29, 1.82) is 0 Å². The van der Waals surface area contributed by atoms with Crippen molar-refractivity contribution < 1.29 is 9.90 Å². The lowest BCUT2D eigenvalue weighted by Gasteiger charge is -2.47. The van der Waals surface area contributed by atoms with E-state index in [4.69, 9.17) is 21.6 Å². The van der Waals surface area contributed by atoms with Crippen LogP contribution in [0.3, 0.4) is 0 Å². The highest BCUT2D eigenvalue weighted by Gasteiger charge is 2.47. The summed E-state index contributed by atoms with van der Waals surface area (Å²) >= 11 is 6.11. The van der Waals surface area contributed by atoms with Crippen molar-refractivity contribution in [3.05, 3.63) is 53.9 Å². The molecule has 0 spiro atoms. The number of carboxylic acids is 1. The molecule has 3 aliphatic rings. The molecule has 1 aromatic carbocycles. The maximum atomic E-state index is 12.2. The van der Waals surface area contributed by atoms with Crippen LogP contribution in [0.2, 0.25) is 5.15 Å². The van der Waals surface area contributed by atoms with Crippen molar-refractivity contribution in [3.8, 4) is 22.6 Å². The Bertz CT molecular complexity index is 1370. The molecule has 0 radical (unpaired) electrons. The van der Waals surface area contributed by atoms with Crippen LogP contribution in [0.1, 0.15) is 25.7 Å². The molecule has 172 valence electrons. The molecule has 0 saturated heterocycles. The number of carbonyl (C=O) groups is 1. The van der Waals surface area contributed by atoms with Gasteiger partial charge in [0.05, 0.1) is 23.4 Å². The Morgan fingerprint density at radius 2 is 1.82 bits per heavy atom. The molecule has 3 saturated carbocycles. The van der Waals surface area contributed by atoms with Crippen molar-refractivity contribution >= 4 is 34.6 Å². The first-order valence-corrected chi connectivity index (χ1v) is 11.9. The van der Waals surface area contributed by atoms with Crippen molar-refractivity contribution in [1.82, 2.24) is 24.9 Å². The average molecular weight is 475 g/mol. The van der Waals surface area contributed by atoms with E-state index in [1.807, 2.05) is 36.4 Å². The normalized spacial score (nSPS) is 23.8. The summed E-state index contributed by atoms with van der Waals surface area (Å²) in [6.45, 7) is 0. The number of rotatable bonds is 5. The fraction of sp³-hybridized carbons (Fsp3) is 0.320. The summed E-state index contributed by atoms with van der Waals surface area (Å²) in [7, 11) is 0. The highest BCUT2D eigenvalue weighted by Crippen LogP contribution is 2.46. The zero-order chi connectivity index (χ0) is 23.2. The van der Waals surface area contributed by atoms with Crippen molar-refractivity contribution in [3.63, 3.8) is 0 Å². The van der Waals surface area contributed by atoms with Crippen molar-refractivity contribution in [2.45, 2.75) is 31.7 Å². The summed E-state index contributed by atoms with van der Waals surface area (Å²) < 4.78 is 0. The molecular formula is C25H23ClN6O2. The van der Waals surface area contributed by atoms with Crippen LogP contribution in [0.15, 0.2) is 48.8 Å². The number of H-pyrrole nitrogens is 1. The van der Waals surface area contributed by atoms with Crippen LogP contribution in [0.5, 0.6) is 0 Å². The minimum atomic E-state index is -0.731. The van der Waals surface area contributed by atoms with E-state index in [-0.39, 0.29) is 17.1 Å². The van der Waals surface area contributed by atoms with Crippen LogP contribution in [0, 0.1) is 17.8 Å². The predicted octanol–water partition coefficient (Wildman–Crippen LogP) is 5.04. The van der Waals surface area contributed by atoms with Crippen molar-refractivity contribution in [2.75, 3.05) is 5.32 Å². The second-order valence-corrected chi connectivity index (χ2v) is 9.52. The fourth-order valence-corrected chi connectivity index (χ4v) is 5.76. The Morgan fingerprint density at radius 1 is 1.06 bits per heavy atom. The topological polar surface area (TPSA) is 117 Å². The van der Waals surface area contributed by atoms with Crippen LogP contribution < -0.4 is 5.32 Å². The molecule has 8 nitrogen and oxygen atoms in total. The Morgan fingerprint density at radius 3 is 2.59 bits per heavy atom. The van der Waals surface area contributed by atoms with Gasteiger partial charge in [0.2, 0.25) is 0 Å². The largest absolute Gasteiger partial charge is 0.481 e. The van der Waals surface area contributed by atoms with Crippen LogP contribution in [-0.2, 0) is 4.79 Å². The molecule has 3 fully saturated rings. The third-order valence-electron chi connectivity index (χ3n) is 7.21. The monoisotopic (exact) mass is 474 g/mol. The van der Waals surface area contributed by atoms with Gasteiger partial charge in [-0.15, -0.1) is 0 Å². The van der Waals surface area contributed by atoms with Gasteiger partial charge in [0, 0.05) is 23.9 Å². The number of benzene rings is 1. The molecule has 3 aromatic heterocycles. The van der Waals surface area contributed by atoms with Gasteiger partial charge < -0.3 is 15.4 Å². The van der Waals surface area contributed by atoms with Crippen LogP contribution in [0.25, 0.3) is 33.8 Å². The molecule has 1 unspecified atom stereocenters. The number of aromatic nitrogens is 5. The Kier molecular flexibility index (Phi) is 5.17. The summed E-state index contributed by atoms with van der Waals surface area (Å²) in [4.78, 5) is 33.6.